The number of ether oxygens (including phenoxy) is 1. The molecule has 1 aromatic rings. The van der Waals surface area contributed by atoms with Gasteiger partial charge in [-0.1, -0.05) is 13.0 Å². The number of nitrogens with zero attached hydrogens (tertiary/aromatic N) is 1. The molecule has 6 heteroatoms. The number of carboxylic acids is 1. The van der Waals surface area contributed by atoms with Gasteiger partial charge in [0.2, 0.25) is 0 Å². The monoisotopic (exact) mass is 265 g/mol. The first kappa shape index (κ1) is 14.7. The van der Waals surface area contributed by atoms with Crippen LogP contribution in [-0.2, 0) is 11.2 Å². The maximum absolute atomic E-state index is 10.9. The quantitative estimate of drug-likeness (QED) is 0.485. The van der Waals surface area contributed by atoms with Crippen molar-refractivity contribution in [1.29, 1.82) is 0 Å². The number of nitro benzene ring substituents is 1. The fourth-order valence-corrected chi connectivity index (χ4v) is 1.39. The second-order valence-electron chi connectivity index (χ2n) is 3.92. The lowest BCUT2D eigenvalue weighted by atomic mass is 10.1. The summed E-state index contributed by atoms with van der Waals surface area (Å²) in [5, 5.41) is 19.6. The zero-order valence-corrected chi connectivity index (χ0v) is 10.8. The molecule has 0 radical (unpaired) electrons. The summed E-state index contributed by atoms with van der Waals surface area (Å²) in [5.74, 6) is -0.906. The second-order valence-corrected chi connectivity index (χ2v) is 3.92. The fourth-order valence-electron chi connectivity index (χ4n) is 1.39. The minimum Gasteiger partial charge on any atom is -0.483 e. The Morgan fingerprint density at radius 3 is 2.74 bits per heavy atom. The Balaban J connectivity index is 2.86. The van der Waals surface area contributed by atoms with Gasteiger partial charge in [-0.2, -0.15) is 0 Å². The lowest BCUT2D eigenvalue weighted by molar-refractivity contribution is -0.385. The Kier molecular flexibility index (Phi) is 5.05. The fraction of sp³-hybridized carbons (Fsp3) is 0.308. The van der Waals surface area contributed by atoms with Crippen LogP contribution in [0.5, 0.6) is 5.75 Å². The van der Waals surface area contributed by atoms with Crippen LogP contribution in [0.25, 0.3) is 0 Å². The third-order valence-corrected chi connectivity index (χ3v) is 2.59. The normalized spacial score (nSPS) is 11.2. The van der Waals surface area contributed by atoms with E-state index in [0.717, 1.165) is 5.56 Å². The van der Waals surface area contributed by atoms with E-state index in [-0.39, 0.29) is 23.6 Å². The summed E-state index contributed by atoms with van der Waals surface area (Å²) >= 11 is 0. The lowest BCUT2D eigenvalue weighted by Crippen LogP contribution is -2.02. The molecule has 1 rings (SSSR count). The summed E-state index contributed by atoms with van der Waals surface area (Å²) in [5.41, 5.74) is 0.866. The number of aliphatic carboxylic acids is 1. The minimum atomic E-state index is -1.04. The van der Waals surface area contributed by atoms with Crippen LogP contribution in [0.15, 0.2) is 29.8 Å². The third-order valence-electron chi connectivity index (χ3n) is 2.59. The molecule has 0 aliphatic heterocycles. The molecular weight excluding hydrogens is 250 g/mol. The highest BCUT2D eigenvalue weighted by molar-refractivity contribution is 5.85. The topological polar surface area (TPSA) is 89.7 Å². The van der Waals surface area contributed by atoms with E-state index in [9.17, 15) is 14.9 Å². The van der Waals surface area contributed by atoms with Crippen molar-refractivity contribution in [3.05, 3.63) is 45.5 Å². The Labute approximate surface area is 110 Å². The lowest BCUT2D eigenvalue weighted by Gasteiger charge is -2.06. The minimum absolute atomic E-state index is 0.0234. The second kappa shape index (κ2) is 6.53. The van der Waals surface area contributed by atoms with Gasteiger partial charge in [-0.3, -0.25) is 10.1 Å². The molecule has 0 heterocycles. The number of carbonyl (C=O) groups is 1. The van der Waals surface area contributed by atoms with E-state index in [2.05, 4.69) is 0 Å². The van der Waals surface area contributed by atoms with E-state index in [1.807, 2.05) is 6.92 Å². The van der Waals surface area contributed by atoms with Gasteiger partial charge in [0.25, 0.3) is 0 Å². The zero-order chi connectivity index (χ0) is 14.4. The van der Waals surface area contributed by atoms with Crippen molar-refractivity contribution in [2.24, 2.45) is 0 Å². The van der Waals surface area contributed by atoms with Gasteiger partial charge in [-0.25, -0.2) is 4.79 Å². The molecule has 0 aromatic heterocycles. The van der Waals surface area contributed by atoms with E-state index in [1.54, 1.807) is 6.07 Å². The molecule has 0 aliphatic rings. The van der Waals surface area contributed by atoms with Crippen molar-refractivity contribution >= 4 is 11.7 Å². The predicted molar refractivity (Wildman–Crippen MR) is 69.4 cm³/mol. The molecular formula is C13H15NO5. The van der Waals surface area contributed by atoms with Gasteiger partial charge < -0.3 is 9.84 Å². The highest BCUT2D eigenvalue weighted by atomic mass is 16.6. The zero-order valence-electron chi connectivity index (χ0n) is 10.8. The highest BCUT2D eigenvalue weighted by Gasteiger charge is 2.15. The van der Waals surface area contributed by atoms with Crippen molar-refractivity contribution in [1.82, 2.24) is 0 Å². The first-order valence-corrected chi connectivity index (χ1v) is 5.75. The average Bonchev–Trinajstić information content (AvgIpc) is 2.38. The largest absolute Gasteiger partial charge is 0.483 e. The average molecular weight is 265 g/mol. The van der Waals surface area contributed by atoms with E-state index in [4.69, 9.17) is 9.84 Å². The first-order valence-electron chi connectivity index (χ1n) is 5.75. The third kappa shape index (κ3) is 4.09. The summed E-state index contributed by atoms with van der Waals surface area (Å²) < 4.78 is 5.24. The summed E-state index contributed by atoms with van der Waals surface area (Å²) in [6.07, 6.45) is 2.05. The Morgan fingerprint density at radius 1 is 1.53 bits per heavy atom. The SMILES string of the molecule is CCc1ccc(OCC=C(C)C(=O)O)c([N+](=O)[O-])c1. The summed E-state index contributed by atoms with van der Waals surface area (Å²) in [4.78, 5) is 21.0. The van der Waals surface area contributed by atoms with E-state index in [0.29, 0.717) is 6.42 Å². The Bertz CT molecular complexity index is 522. The van der Waals surface area contributed by atoms with E-state index >= 15 is 0 Å². The van der Waals surface area contributed by atoms with Crippen molar-refractivity contribution in [2.45, 2.75) is 20.3 Å². The summed E-state index contributed by atoms with van der Waals surface area (Å²) in [6, 6.07) is 4.74. The number of aryl methyl sites for hydroxylation is 1. The van der Waals surface area contributed by atoms with Gasteiger partial charge in [-0.05, 0) is 31.1 Å². The first-order chi connectivity index (χ1) is 8.95. The molecule has 102 valence electrons. The number of benzene rings is 1. The highest BCUT2D eigenvalue weighted by Crippen LogP contribution is 2.28. The molecule has 6 nitrogen and oxygen atoms in total. The van der Waals surface area contributed by atoms with Crippen LogP contribution < -0.4 is 4.74 Å². The van der Waals surface area contributed by atoms with Gasteiger partial charge >= 0.3 is 11.7 Å². The number of rotatable bonds is 6. The molecule has 19 heavy (non-hydrogen) atoms. The maximum atomic E-state index is 10.9. The molecule has 0 unspecified atom stereocenters. The van der Waals surface area contributed by atoms with Crippen LogP contribution in [-0.4, -0.2) is 22.6 Å². The molecule has 0 spiro atoms. The Hall–Kier alpha value is -2.37. The molecule has 1 aromatic carbocycles. The molecule has 0 bridgehead atoms. The summed E-state index contributed by atoms with van der Waals surface area (Å²) in [7, 11) is 0. The number of nitro groups is 1. The number of hydrogen-bond acceptors (Lipinski definition) is 4. The molecule has 0 amide bonds. The van der Waals surface area contributed by atoms with Crippen LogP contribution in [0, 0.1) is 10.1 Å². The van der Waals surface area contributed by atoms with E-state index in [1.165, 1.54) is 25.1 Å². The smallest absolute Gasteiger partial charge is 0.331 e. The molecule has 0 saturated heterocycles. The number of carboxylic acid groups (broad SMARTS) is 1. The van der Waals surface area contributed by atoms with Crippen LogP contribution in [0.3, 0.4) is 0 Å². The van der Waals surface area contributed by atoms with Crippen molar-refractivity contribution in [3.8, 4) is 5.75 Å². The van der Waals surface area contributed by atoms with Gasteiger partial charge in [0.05, 0.1) is 4.92 Å². The van der Waals surface area contributed by atoms with Crippen LogP contribution in [0.1, 0.15) is 19.4 Å². The molecule has 1 N–H and O–H groups in total. The van der Waals surface area contributed by atoms with Crippen molar-refractivity contribution in [2.75, 3.05) is 6.61 Å². The number of hydrogen-bond donors (Lipinski definition) is 1. The van der Waals surface area contributed by atoms with Gasteiger partial charge in [-0.15, -0.1) is 0 Å². The van der Waals surface area contributed by atoms with Crippen molar-refractivity contribution < 1.29 is 19.6 Å². The van der Waals surface area contributed by atoms with Gasteiger partial charge in [0.15, 0.2) is 5.75 Å². The molecule has 0 fully saturated rings. The maximum Gasteiger partial charge on any atom is 0.331 e. The predicted octanol–water partition coefficient (Wildman–Crippen LogP) is 2.57. The van der Waals surface area contributed by atoms with Crippen LogP contribution in [0.4, 0.5) is 5.69 Å². The molecule has 0 saturated carbocycles. The molecule has 0 aliphatic carbocycles. The Morgan fingerprint density at radius 2 is 2.21 bits per heavy atom. The van der Waals surface area contributed by atoms with Crippen LogP contribution in [0.2, 0.25) is 0 Å². The van der Waals surface area contributed by atoms with Crippen molar-refractivity contribution in [3.63, 3.8) is 0 Å². The van der Waals surface area contributed by atoms with E-state index < -0.39 is 10.9 Å². The van der Waals surface area contributed by atoms with Crippen LogP contribution >= 0.6 is 0 Å². The molecule has 0 atom stereocenters. The standard InChI is InChI=1S/C13H15NO5/c1-3-10-4-5-12(11(8-10)14(17)18)19-7-6-9(2)13(15)16/h4-6,8H,3,7H2,1-2H3,(H,15,16). The van der Waals surface area contributed by atoms with Gasteiger partial charge in [0.1, 0.15) is 6.61 Å². The van der Waals surface area contributed by atoms with Gasteiger partial charge in [0, 0.05) is 11.6 Å². The summed E-state index contributed by atoms with van der Waals surface area (Å²) in [6.45, 7) is 3.31.